The minimum absolute atomic E-state index is 0.00150. The molecule has 1 fully saturated rings. The summed E-state index contributed by atoms with van der Waals surface area (Å²) in [6.45, 7) is 0.648. The summed E-state index contributed by atoms with van der Waals surface area (Å²) in [7, 11) is 3.36. The topological polar surface area (TPSA) is 82.2 Å². The second-order valence-corrected chi connectivity index (χ2v) is 6.70. The van der Waals surface area contributed by atoms with Crippen molar-refractivity contribution in [2.24, 2.45) is 7.05 Å². The molecule has 1 saturated heterocycles. The molecule has 3 aromatic rings. The fraction of sp³-hybridized carbons (Fsp3) is 0.368. The van der Waals surface area contributed by atoms with Crippen molar-refractivity contribution in [1.82, 2.24) is 24.2 Å². The first kappa shape index (κ1) is 17.3. The van der Waals surface area contributed by atoms with E-state index in [1.165, 1.54) is 17.1 Å². The summed E-state index contributed by atoms with van der Waals surface area (Å²) < 4.78 is 8.20. The molecule has 1 aromatic carbocycles. The van der Waals surface area contributed by atoms with E-state index >= 15 is 0 Å². The Morgan fingerprint density at radius 3 is 3.04 bits per heavy atom. The maximum Gasteiger partial charge on any atom is 0.264 e. The Hall–Kier alpha value is -3.16. The van der Waals surface area contributed by atoms with Crippen molar-refractivity contribution in [3.8, 4) is 5.75 Å². The molecule has 3 heterocycles. The second kappa shape index (κ2) is 6.86. The Kier molecular flexibility index (Phi) is 4.39. The van der Waals surface area contributed by atoms with Gasteiger partial charge in [-0.05, 0) is 30.5 Å². The zero-order valence-corrected chi connectivity index (χ0v) is 15.3. The van der Waals surface area contributed by atoms with E-state index in [-0.39, 0.29) is 24.1 Å². The van der Waals surface area contributed by atoms with Crippen LogP contribution < -0.4 is 10.3 Å². The number of carbonyl (C=O) groups is 1. The summed E-state index contributed by atoms with van der Waals surface area (Å²) in [4.78, 5) is 31.6. The third-order valence-corrected chi connectivity index (χ3v) is 5.08. The van der Waals surface area contributed by atoms with Crippen LogP contribution in [0.1, 0.15) is 24.4 Å². The van der Waals surface area contributed by atoms with Crippen LogP contribution in [-0.2, 0) is 18.4 Å². The highest BCUT2D eigenvalue weighted by Crippen LogP contribution is 2.33. The zero-order valence-electron chi connectivity index (χ0n) is 15.3. The normalized spacial score (nSPS) is 16.8. The lowest BCUT2D eigenvalue weighted by molar-refractivity contribution is -0.132. The van der Waals surface area contributed by atoms with Crippen LogP contribution in [0.2, 0.25) is 0 Å². The molecule has 0 bridgehead atoms. The van der Waals surface area contributed by atoms with Gasteiger partial charge in [-0.1, -0.05) is 12.1 Å². The molecule has 27 heavy (non-hydrogen) atoms. The van der Waals surface area contributed by atoms with E-state index in [0.717, 1.165) is 24.2 Å². The average Bonchev–Trinajstić information content (AvgIpc) is 3.31. The Morgan fingerprint density at radius 2 is 2.22 bits per heavy atom. The molecule has 1 aliphatic rings. The molecule has 2 aromatic heterocycles. The number of methoxy groups -OCH3 is 1. The number of likely N-dealkylation sites (tertiary alicyclic amines) is 1. The molecule has 0 aliphatic carbocycles. The Balaban J connectivity index is 1.58. The minimum Gasteiger partial charge on any atom is -0.497 e. The largest absolute Gasteiger partial charge is 0.497 e. The van der Waals surface area contributed by atoms with Gasteiger partial charge in [-0.25, -0.2) is 4.98 Å². The number of hydrogen-bond acceptors (Lipinski definition) is 5. The van der Waals surface area contributed by atoms with E-state index in [2.05, 4.69) is 10.1 Å². The minimum atomic E-state index is -0.251. The SMILES string of the molecule is COc1cccc([C@@H]2CCCN2C(=O)Cn2cnc3c(cnn3C)c2=O)c1. The lowest BCUT2D eigenvalue weighted by Gasteiger charge is -2.25. The van der Waals surface area contributed by atoms with Gasteiger partial charge >= 0.3 is 0 Å². The van der Waals surface area contributed by atoms with E-state index < -0.39 is 0 Å². The highest BCUT2D eigenvalue weighted by molar-refractivity contribution is 5.78. The number of benzene rings is 1. The number of carbonyl (C=O) groups excluding carboxylic acids is 1. The quantitative estimate of drug-likeness (QED) is 0.698. The summed E-state index contributed by atoms with van der Waals surface area (Å²) >= 11 is 0. The van der Waals surface area contributed by atoms with Crippen molar-refractivity contribution in [2.75, 3.05) is 13.7 Å². The van der Waals surface area contributed by atoms with Gasteiger partial charge in [0.05, 0.1) is 19.3 Å². The molecule has 1 atom stereocenters. The van der Waals surface area contributed by atoms with Crippen LogP contribution in [-0.4, -0.2) is 43.8 Å². The third kappa shape index (κ3) is 3.07. The number of fused-ring (bicyclic) bond motifs is 1. The van der Waals surface area contributed by atoms with Gasteiger partial charge in [-0.15, -0.1) is 0 Å². The zero-order chi connectivity index (χ0) is 19.0. The number of hydrogen-bond donors (Lipinski definition) is 0. The fourth-order valence-corrected chi connectivity index (χ4v) is 3.68. The molecule has 0 radical (unpaired) electrons. The maximum atomic E-state index is 12.9. The second-order valence-electron chi connectivity index (χ2n) is 6.70. The van der Waals surface area contributed by atoms with Gasteiger partial charge in [0.15, 0.2) is 5.65 Å². The van der Waals surface area contributed by atoms with E-state index in [1.54, 1.807) is 18.8 Å². The van der Waals surface area contributed by atoms with E-state index in [4.69, 9.17) is 4.74 Å². The summed E-state index contributed by atoms with van der Waals surface area (Å²) in [5.41, 5.74) is 1.31. The molecule has 8 nitrogen and oxygen atoms in total. The maximum absolute atomic E-state index is 12.9. The molecule has 1 aliphatic heterocycles. The first-order chi connectivity index (χ1) is 13.1. The van der Waals surface area contributed by atoms with E-state index in [0.29, 0.717) is 17.6 Å². The van der Waals surface area contributed by atoms with Gasteiger partial charge in [0.25, 0.3) is 5.56 Å². The van der Waals surface area contributed by atoms with Crippen LogP contribution in [0.15, 0.2) is 41.6 Å². The third-order valence-electron chi connectivity index (χ3n) is 5.08. The average molecular weight is 367 g/mol. The number of nitrogens with zero attached hydrogens (tertiary/aromatic N) is 5. The van der Waals surface area contributed by atoms with Gasteiger partial charge in [-0.3, -0.25) is 18.8 Å². The van der Waals surface area contributed by atoms with Gasteiger partial charge in [0.1, 0.15) is 24.0 Å². The van der Waals surface area contributed by atoms with Gasteiger partial charge in [0, 0.05) is 13.6 Å². The summed E-state index contributed by atoms with van der Waals surface area (Å²) in [6.07, 6.45) is 4.73. The predicted molar refractivity (Wildman–Crippen MR) is 99.5 cm³/mol. The standard InChI is InChI=1S/C19H21N5O3/c1-22-18-15(10-21-22)19(26)23(12-20-18)11-17(25)24-8-4-7-16(24)13-5-3-6-14(9-13)27-2/h3,5-6,9-10,12,16H,4,7-8,11H2,1-2H3/t16-/m0/s1. The van der Waals surface area contributed by atoms with Crippen LogP contribution in [0, 0.1) is 0 Å². The lowest BCUT2D eigenvalue weighted by atomic mass is 10.0. The Labute approximate surface area is 156 Å². The van der Waals surface area contributed by atoms with Crippen LogP contribution in [0.4, 0.5) is 0 Å². The molecule has 4 rings (SSSR count). The van der Waals surface area contributed by atoms with Gasteiger partial charge in [0.2, 0.25) is 5.91 Å². The molecule has 0 unspecified atom stereocenters. The molecule has 8 heteroatoms. The number of aromatic nitrogens is 4. The van der Waals surface area contributed by atoms with Crippen molar-refractivity contribution in [2.45, 2.75) is 25.4 Å². The monoisotopic (exact) mass is 367 g/mol. The van der Waals surface area contributed by atoms with Gasteiger partial charge in [-0.2, -0.15) is 5.10 Å². The highest BCUT2D eigenvalue weighted by Gasteiger charge is 2.30. The highest BCUT2D eigenvalue weighted by atomic mass is 16.5. The number of rotatable bonds is 4. The van der Waals surface area contributed by atoms with Crippen LogP contribution in [0.25, 0.3) is 11.0 Å². The number of aryl methyl sites for hydroxylation is 1. The Bertz CT molecular complexity index is 1050. The first-order valence-corrected chi connectivity index (χ1v) is 8.89. The van der Waals surface area contributed by atoms with Crippen molar-refractivity contribution >= 4 is 16.9 Å². The molecule has 1 amide bonds. The molecule has 0 N–H and O–H groups in total. The van der Waals surface area contributed by atoms with Crippen molar-refractivity contribution in [3.63, 3.8) is 0 Å². The number of ether oxygens (including phenoxy) is 1. The van der Waals surface area contributed by atoms with Crippen molar-refractivity contribution in [1.29, 1.82) is 0 Å². The molecular weight excluding hydrogens is 346 g/mol. The molecule has 140 valence electrons. The summed E-state index contributed by atoms with van der Waals surface area (Å²) in [5.74, 6) is 0.682. The van der Waals surface area contributed by atoms with Crippen molar-refractivity contribution < 1.29 is 9.53 Å². The van der Waals surface area contributed by atoms with Crippen LogP contribution in [0.3, 0.4) is 0 Å². The summed E-state index contributed by atoms with van der Waals surface area (Å²) in [6, 6.07) is 7.79. The molecular formula is C19H21N5O3. The van der Waals surface area contributed by atoms with Crippen LogP contribution in [0.5, 0.6) is 5.75 Å². The molecule has 0 spiro atoms. The van der Waals surface area contributed by atoms with E-state index in [1.807, 2.05) is 29.2 Å². The van der Waals surface area contributed by atoms with Crippen LogP contribution >= 0.6 is 0 Å². The van der Waals surface area contributed by atoms with Gasteiger partial charge < -0.3 is 9.64 Å². The Morgan fingerprint density at radius 1 is 1.37 bits per heavy atom. The first-order valence-electron chi connectivity index (χ1n) is 8.89. The molecule has 0 saturated carbocycles. The number of amides is 1. The predicted octanol–water partition coefficient (Wildman–Crippen LogP) is 1.50. The fourth-order valence-electron chi connectivity index (χ4n) is 3.68. The summed E-state index contributed by atoms with van der Waals surface area (Å²) in [5, 5.41) is 4.47. The van der Waals surface area contributed by atoms with E-state index in [9.17, 15) is 9.59 Å². The van der Waals surface area contributed by atoms with Crippen molar-refractivity contribution in [3.05, 3.63) is 52.7 Å². The smallest absolute Gasteiger partial charge is 0.264 e. The lowest BCUT2D eigenvalue weighted by Crippen LogP contribution is -2.36.